The average Bonchev–Trinajstić information content (AvgIpc) is 2.69. The highest BCUT2D eigenvalue weighted by atomic mass is 15.1. The van der Waals surface area contributed by atoms with Crippen molar-refractivity contribution in [2.45, 2.75) is 27.7 Å². The van der Waals surface area contributed by atoms with Crippen molar-refractivity contribution in [3.05, 3.63) is 89.0 Å². The minimum Gasteiger partial charge on any atom is -0.370 e. The highest BCUT2D eigenvalue weighted by Crippen LogP contribution is 2.20. The number of rotatable bonds is 3. The Labute approximate surface area is 178 Å². The van der Waals surface area contributed by atoms with Gasteiger partial charge in [0.1, 0.15) is 0 Å². The van der Waals surface area contributed by atoms with Gasteiger partial charge in [-0.2, -0.15) is 0 Å². The number of aliphatic imine (C=N–C) groups is 2. The molecule has 0 fully saturated rings. The SMILES string of the molecule is Cc1cccc(N=C(N)N)c1C.Cc1ccccc1N=C(N)Nc1ccccc1C. The van der Waals surface area contributed by atoms with Crippen molar-refractivity contribution in [1.29, 1.82) is 0 Å². The fraction of sp³-hybridized carbons (Fsp3) is 0.167. The van der Waals surface area contributed by atoms with Gasteiger partial charge in [-0.05, 0) is 68.1 Å². The van der Waals surface area contributed by atoms with Gasteiger partial charge in [-0.15, -0.1) is 0 Å². The van der Waals surface area contributed by atoms with Crippen molar-refractivity contribution in [2.24, 2.45) is 27.2 Å². The molecule has 0 radical (unpaired) electrons. The molecule has 0 bridgehead atoms. The lowest BCUT2D eigenvalue weighted by atomic mass is 10.1. The van der Waals surface area contributed by atoms with E-state index in [-0.39, 0.29) is 5.96 Å². The van der Waals surface area contributed by atoms with Gasteiger partial charge in [-0.3, -0.25) is 0 Å². The van der Waals surface area contributed by atoms with E-state index in [0.717, 1.165) is 33.8 Å². The largest absolute Gasteiger partial charge is 0.370 e. The highest BCUT2D eigenvalue weighted by Gasteiger charge is 2.00. The first-order valence-corrected chi connectivity index (χ1v) is 9.66. The Morgan fingerprint density at radius 1 is 0.633 bits per heavy atom. The Hall–Kier alpha value is -3.80. The number of aryl methyl sites for hydroxylation is 3. The molecule has 3 aromatic rings. The van der Waals surface area contributed by atoms with Gasteiger partial charge in [0.15, 0.2) is 11.9 Å². The summed E-state index contributed by atoms with van der Waals surface area (Å²) < 4.78 is 0. The van der Waals surface area contributed by atoms with Crippen LogP contribution < -0.4 is 22.5 Å². The maximum absolute atomic E-state index is 5.91. The van der Waals surface area contributed by atoms with Crippen LogP contribution in [0.1, 0.15) is 22.3 Å². The third-order valence-corrected chi connectivity index (χ3v) is 4.59. The maximum Gasteiger partial charge on any atom is 0.198 e. The zero-order valence-corrected chi connectivity index (χ0v) is 18.0. The van der Waals surface area contributed by atoms with Crippen LogP contribution in [0.4, 0.5) is 17.1 Å². The third kappa shape index (κ3) is 6.67. The monoisotopic (exact) mass is 402 g/mol. The lowest BCUT2D eigenvalue weighted by Crippen LogP contribution is -2.22. The fourth-order valence-corrected chi connectivity index (χ4v) is 2.69. The van der Waals surface area contributed by atoms with Gasteiger partial charge in [0.2, 0.25) is 0 Å². The number of nitrogens with one attached hydrogen (secondary N) is 1. The molecule has 0 saturated heterocycles. The average molecular weight is 403 g/mol. The molecule has 0 amide bonds. The summed E-state index contributed by atoms with van der Waals surface area (Å²) >= 11 is 0. The molecule has 6 heteroatoms. The molecule has 0 aliphatic heterocycles. The Balaban J connectivity index is 0.000000232. The van der Waals surface area contributed by atoms with Crippen molar-refractivity contribution >= 4 is 29.0 Å². The van der Waals surface area contributed by atoms with E-state index in [1.807, 2.05) is 94.4 Å². The smallest absolute Gasteiger partial charge is 0.198 e. The molecule has 0 aliphatic rings. The molecule has 3 aromatic carbocycles. The van der Waals surface area contributed by atoms with Crippen molar-refractivity contribution in [2.75, 3.05) is 5.32 Å². The maximum atomic E-state index is 5.91. The van der Waals surface area contributed by atoms with Crippen molar-refractivity contribution in [3.8, 4) is 0 Å². The molecule has 0 atom stereocenters. The number of benzene rings is 3. The van der Waals surface area contributed by atoms with Crippen LogP contribution in [0.5, 0.6) is 0 Å². The minimum absolute atomic E-state index is 0.101. The standard InChI is InChI=1S/C15H17N3.C9H13N3/c1-11-7-3-5-9-13(11)17-15(16)18-14-10-6-4-8-12(14)2;1-6-4-3-5-8(7(6)2)12-9(10)11/h3-10H,1-2H3,(H3,16,17,18);3-5H,1-2H3,(H4,10,11,12). The normalized spacial score (nSPS) is 10.6. The number of nitrogens with zero attached hydrogens (tertiary/aromatic N) is 2. The van der Waals surface area contributed by atoms with E-state index in [9.17, 15) is 0 Å². The number of para-hydroxylation sites is 2. The summed E-state index contributed by atoms with van der Waals surface area (Å²) in [5, 5.41) is 3.11. The van der Waals surface area contributed by atoms with Crippen LogP contribution in [0.25, 0.3) is 0 Å². The summed E-state index contributed by atoms with van der Waals surface area (Å²) in [6, 6.07) is 21.7. The lowest BCUT2D eigenvalue weighted by molar-refractivity contribution is 1.30. The number of anilines is 1. The molecular formula is C24H30N6. The Bertz CT molecular complexity index is 1050. The van der Waals surface area contributed by atoms with Gasteiger partial charge < -0.3 is 22.5 Å². The molecule has 156 valence electrons. The van der Waals surface area contributed by atoms with E-state index in [4.69, 9.17) is 17.2 Å². The van der Waals surface area contributed by atoms with E-state index in [1.54, 1.807) is 0 Å². The molecule has 0 unspecified atom stereocenters. The zero-order chi connectivity index (χ0) is 22.1. The van der Waals surface area contributed by atoms with Gasteiger partial charge in [0.25, 0.3) is 0 Å². The molecule has 6 nitrogen and oxygen atoms in total. The second kappa shape index (κ2) is 10.7. The molecule has 0 spiro atoms. The number of nitrogens with two attached hydrogens (primary N) is 3. The van der Waals surface area contributed by atoms with Crippen molar-refractivity contribution in [3.63, 3.8) is 0 Å². The Kier molecular flexibility index (Phi) is 7.99. The molecular weight excluding hydrogens is 372 g/mol. The van der Waals surface area contributed by atoms with Gasteiger partial charge in [0.05, 0.1) is 11.4 Å². The summed E-state index contributed by atoms with van der Waals surface area (Å²) in [4.78, 5) is 8.37. The molecule has 0 aliphatic carbocycles. The molecule has 0 heterocycles. The second-order valence-electron chi connectivity index (χ2n) is 6.98. The Morgan fingerprint density at radius 3 is 1.83 bits per heavy atom. The quantitative estimate of drug-likeness (QED) is 0.379. The van der Waals surface area contributed by atoms with E-state index in [2.05, 4.69) is 15.3 Å². The highest BCUT2D eigenvalue weighted by molar-refractivity contribution is 5.94. The van der Waals surface area contributed by atoms with E-state index in [1.165, 1.54) is 5.56 Å². The van der Waals surface area contributed by atoms with E-state index >= 15 is 0 Å². The third-order valence-electron chi connectivity index (χ3n) is 4.59. The summed E-state index contributed by atoms with van der Waals surface area (Å²) in [7, 11) is 0. The van der Waals surface area contributed by atoms with Gasteiger partial charge >= 0.3 is 0 Å². The van der Waals surface area contributed by atoms with Crippen LogP contribution in [0.2, 0.25) is 0 Å². The molecule has 0 saturated carbocycles. The number of hydrogen-bond donors (Lipinski definition) is 4. The number of guanidine groups is 2. The van der Waals surface area contributed by atoms with Crippen molar-refractivity contribution < 1.29 is 0 Å². The van der Waals surface area contributed by atoms with Gasteiger partial charge in [-0.1, -0.05) is 48.5 Å². The van der Waals surface area contributed by atoms with Crippen LogP contribution in [0, 0.1) is 27.7 Å². The first-order chi connectivity index (χ1) is 14.3. The van der Waals surface area contributed by atoms with E-state index in [0.29, 0.717) is 5.96 Å². The van der Waals surface area contributed by atoms with E-state index < -0.39 is 0 Å². The van der Waals surface area contributed by atoms with Crippen LogP contribution in [-0.2, 0) is 0 Å². The Morgan fingerprint density at radius 2 is 1.20 bits per heavy atom. The summed E-state index contributed by atoms with van der Waals surface area (Å²) in [5.74, 6) is 0.502. The fourth-order valence-electron chi connectivity index (χ4n) is 2.69. The summed E-state index contributed by atoms with van der Waals surface area (Å²) in [5.41, 5.74) is 23.7. The molecule has 7 N–H and O–H groups in total. The first-order valence-electron chi connectivity index (χ1n) is 9.66. The van der Waals surface area contributed by atoms with Crippen LogP contribution in [0.15, 0.2) is 76.7 Å². The first kappa shape index (κ1) is 22.5. The predicted octanol–water partition coefficient (Wildman–Crippen LogP) is 4.57. The molecule has 3 rings (SSSR count). The lowest BCUT2D eigenvalue weighted by Gasteiger charge is -2.08. The second-order valence-corrected chi connectivity index (χ2v) is 6.98. The topological polar surface area (TPSA) is 115 Å². The van der Waals surface area contributed by atoms with Crippen LogP contribution >= 0.6 is 0 Å². The van der Waals surface area contributed by atoms with Gasteiger partial charge in [0, 0.05) is 5.69 Å². The van der Waals surface area contributed by atoms with Crippen LogP contribution in [0.3, 0.4) is 0 Å². The summed E-state index contributed by atoms with van der Waals surface area (Å²) in [6.45, 7) is 8.07. The van der Waals surface area contributed by atoms with Crippen molar-refractivity contribution in [1.82, 2.24) is 0 Å². The summed E-state index contributed by atoms with van der Waals surface area (Å²) in [6.07, 6.45) is 0. The van der Waals surface area contributed by atoms with Crippen LogP contribution in [-0.4, -0.2) is 11.9 Å². The molecule has 30 heavy (non-hydrogen) atoms. The minimum atomic E-state index is 0.101. The van der Waals surface area contributed by atoms with Gasteiger partial charge in [-0.25, -0.2) is 9.98 Å². The molecule has 0 aromatic heterocycles. The zero-order valence-electron chi connectivity index (χ0n) is 18.0. The predicted molar refractivity (Wildman–Crippen MR) is 129 cm³/mol. The number of hydrogen-bond acceptors (Lipinski definition) is 2.